The van der Waals surface area contributed by atoms with E-state index < -0.39 is 67.3 Å². The van der Waals surface area contributed by atoms with Crippen LogP contribution < -0.4 is 0 Å². The predicted molar refractivity (Wildman–Crippen MR) is 171 cm³/mol. The SMILES string of the molecule is COC[C@H]1O[C@H](C2=NO[C@@]3(C2)O[C@H](CO)[C@@H](O)[C@H](O)[C@@H]3O)[C@@H](OCc2ccccc2)[C@H](OCc2ccccc2)[C@H]1OCc1ccccc1. The highest BCUT2D eigenvalue weighted by Gasteiger charge is 2.61. The highest BCUT2D eigenvalue weighted by atomic mass is 16.8. The maximum Gasteiger partial charge on any atom is 0.271 e. The second-order valence-corrected chi connectivity index (χ2v) is 12.3. The third-order valence-corrected chi connectivity index (χ3v) is 8.93. The van der Waals surface area contributed by atoms with Gasteiger partial charge in [-0.3, -0.25) is 0 Å². The summed E-state index contributed by atoms with van der Waals surface area (Å²) in [7, 11) is 1.57. The maximum absolute atomic E-state index is 11.0. The van der Waals surface area contributed by atoms with Crippen molar-refractivity contribution in [1.29, 1.82) is 0 Å². The molecule has 1 spiro atoms. The molecule has 48 heavy (non-hydrogen) atoms. The number of methoxy groups -OCH3 is 1. The first-order chi connectivity index (χ1) is 23.4. The second-order valence-electron chi connectivity index (χ2n) is 12.3. The van der Waals surface area contributed by atoms with Crippen LogP contribution >= 0.6 is 0 Å². The normalized spacial score (nSPS) is 33.4. The van der Waals surface area contributed by atoms with Crippen LogP contribution in [0.5, 0.6) is 0 Å². The van der Waals surface area contributed by atoms with Crippen LogP contribution in [0, 0.1) is 0 Å². The Morgan fingerprint density at radius 1 is 0.708 bits per heavy atom. The molecular weight excluding hydrogens is 622 g/mol. The van der Waals surface area contributed by atoms with Crippen LogP contribution in [0.15, 0.2) is 96.2 Å². The van der Waals surface area contributed by atoms with Crippen LogP contribution in [-0.4, -0.2) is 107 Å². The molecule has 3 aromatic rings. The summed E-state index contributed by atoms with van der Waals surface area (Å²) in [6.07, 6.45) is -9.90. The van der Waals surface area contributed by atoms with Gasteiger partial charge in [0, 0.05) is 7.11 Å². The van der Waals surface area contributed by atoms with E-state index in [1.807, 2.05) is 91.0 Å². The number of nitrogens with zero attached hydrogens (tertiary/aromatic N) is 1. The van der Waals surface area contributed by atoms with Gasteiger partial charge in [0.1, 0.15) is 48.8 Å². The summed E-state index contributed by atoms with van der Waals surface area (Å²) in [5.74, 6) is -1.87. The Morgan fingerprint density at radius 3 is 1.75 bits per heavy atom. The van der Waals surface area contributed by atoms with E-state index in [1.165, 1.54) is 0 Å². The molecule has 3 aliphatic heterocycles. The van der Waals surface area contributed by atoms with Gasteiger partial charge in [0.15, 0.2) is 6.10 Å². The first kappa shape index (κ1) is 34.6. The first-order valence-electron chi connectivity index (χ1n) is 16.1. The quantitative estimate of drug-likeness (QED) is 0.212. The number of hydrogen-bond donors (Lipinski definition) is 4. The van der Waals surface area contributed by atoms with Gasteiger partial charge < -0.3 is 53.7 Å². The van der Waals surface area contributed by atoms with Gasteiger partial charge in [-0.05, 0) is 16.7 Å². The molecule has 2 saturated heterocycles. The number of aliphatic hydroxyl groups is 4. The standard InChI is InChI=1S/C36H43NO11/c1-42-22-28-32(43-19-23-11-5-2-6-12-23)34(45-21-25-15-9-4-10-16-25)33(44-20-24-13-7-3-8-14-24)31(46-28)26-17-36(48-37-26)35(41)30(40)29(39)27(18-38)47-36/h2-16,27-35,38-41H,17-22H2,1H3/t27-,28-,29-,30+,31-,32+,33-,34-,35+,36-/m1/s1. The lowest BCUT2D eigenvalue weighted by molar-refractivity contribution is -0.355. The van der Waals surface area contributed by atoms with Crippen molar-refractivity contribution in [2.75, 3.05) is 20.3 Å². The minimum Gasteiger partial charge on any atom is -0.394 e. The Morgan fingerprint density at radius 2 is 1.23 bits per heavy atom. The van der Waals surface area contributed by atoms with Crippen molar-refractivity contribution in [3.05, 3.63) is 108 Å². The molecule has 0 radical (unpaired) electrons. The molecule has 3 aliphatic rings. The van der Waals surface area contributed by atoms with E-state index in [-0.39, 0.29) is 32.8 Å². The van der Waals surface area contributed by atoms with Gasteiger partial charge in [0.25, 0.3) is 5.79 Å². The third kappa shape index (κ3) is 7.63. The molecule has 2 fully saturated rings. The molecule has 3 aromatic carbocycles. The van der Waals surface area contributed by atoms with Gasteiger partial charge in [0.2, 0.25) is 0 Å². The molecule has 258 valence electrons. The van der Waals surface area contributed by atoms with Crippen molar-refractivity contribution in [1.82, 2.24) is 0 Å². The molecule has 0 saturated carbocycles. The molecule has 0 bridgehead atoms. The minimum absolute atomic E-state index is 0.148. The van der Waals surface area contributed by atoms with Gasteiger partial charge in [-0.1, -0.05) is 96.2 Å². The highest BCUT2D eigenvalue weighted by molar-refractivity contribution is 5.91. The smallest absolute Gasteiger partial charge is 0.271 e. The third-order valence-electron chi connectivity index (χ3n) is 8.93. The average Bonchev–Trinajstić information content (AvgIpc) is 3.56. The number of benzene rings is 3. The van der Waals surface area contributed by atoms with E-state index >= 15 is 0 Å². The summed E-state index contributed by atoms with van der Waals surface area (Å²) < 4.78 is 38.1. The molecule has 0 aromatic heterocycles. The zero-order chi connectivity index (χ0) is 33.5. The van der Waals surface area contributed by atoms with Crippen molar-refractivity contribution >= 4 is 5.71 Å². The van der Waals surface area contributed by atoms with Crippen molar-refractivity contribution < 1.29 is 53.7 Å². The zero-order valence-corrected chi connectivity index (χ0v) is 26.7. The topological polar surface area (TPSA) is 158 Å². The monoisotopic (exact) mass is 665 g/mol. The zero-order valence-electron chi connectivity index (χ0n) is 26.7. The van der Waals surface area contributed by atoms with Gasteiger partial charge in [-0.2, -0.15) is 0 Å². The summed E-state index contributed by atoms with van der Waals surface area (Å²) in [5, 5.41) is 46.1. The molecule has 10 atom stereocenters. The number of aliphatic hydroxyl groups excluding tert-OH is 4. The van der Waals surface area contributed by atoms with Gasteiger partial charge in [0.05, 0.1) is 45.2 Å². The van der Waals surface area contributed by atoms with E-state index in [2.05, 4.69) is 5.16 Å². The van der Waals surface area contributed by atoms with Crippen LogP contribution in [-0.2, 0) is 53.1 Å². The van der Waals surface area contributed by atoms with E-state index in [4.69, 9.17) is 33.3 Å². The summed E-state index contributed by atoms with van der Waals surface area (Å²) in [6, 6.07) is 29.2. The van der Waals surface area contributed by atoms with Crippen LogP contribution in [0.25, 0.3) is 0 Å². The van der Waals surface area contributed by atoms with Crippen LogP contribution in [0.4, 0.5) is 0 Å². The lowest BCUT2D eigenvalue weighted by Crippen LogP contribution is -2.66. The fourth-order valence-corrected chi connectivity index (χ4v) is 6.39. The van der Waals surface area contributed by atoms with Crippen LogP contribution in [0.1, 0.15) is 23.1 Å². The summed E-state index contributed by atoms with van der Waals surface area (Å²) >= 11 is 0. The molecule has 0 aliphatic carbocycles. The van der Waals surface area contributed by atoms with E-state index in [1.54, 1.807) is 7.11 Å². The fourth-order valence-electron chi connectivity index (χ4n) is 6.39. The molecular formula is C36H43NO11. The molecule has 0 unspecified atom stereocenters. The molecule has 3 heterocycles. The molecule has 0 amide bonds. The van der Waals surface area contributed by atoms with Crippen molar-refractivity contribution in [2.24, 2.45) is 5.16 Å². The minimum atomic E-state index is -1.87. The number of rotatable bonds is 13. The van der Waals surface area contributed by atoms with Crippen molar-refractivity contribution in [3.63, 3.8) is 0 Å². The largest absolute Gasteiger partial charge is 0.394 e. The number of oxime groups is 1. The highest BCUT2D eigenvalue weighted by Crippen LogP contribution is 2.41. The summed E-state index contributed by atoms with van der Waals surface area (Å²) in [4.78, 5) is 5.71. The van der Waals surface area contributed by atoms with Gasteiger partial charge in [-0.15, -0.1) is 0 Å². The summed E-state index contributed by atoms with van der Waals surface area (Å²) in [6.45, 7) is 0.298. The Labute approximate surface area is 279 Å². The van der Waals surface area contributed by atoms with Crippen LogP contribution in [0.3, 0.4) is 0 Å². The maximum atomic E-state index is 11.0. The second kappa shape index (κ2) is 16.0. The molecule has 4 N–H and O–H groups in total. The number of ether oxygens (including phenoxy) is 6. The Hall–Kier alpha value is -3.27. The van der Waals surface area contributed by atoms with E-state index in [0.717, 1.165) is 16.7 Å². The molecule has 12 nitrogen and oxygen atoms in total. The lowest BCUT2D eigenvalue weighted by Gasteiger charge is -2.47. The van der Waals surface area contributed by atoms with Crippen molar-refractivity contribution in [2.45, 2.75) is 87.0 Å². The Kier molecular flexibility index (Phi) is 11.5. The Balaban J connectivity index is 1.33. The number of hydrogen-bond acceptors (Lipinski definition) is 12. The van der Waals surface area contributed by atoms with Crippen molar-refractivity contribution in [3.8, 4) is 0 Å². The molecule has 12 heteroatoms. The molecule has 6 rings (SSSR count). The Bertz CT molecular complexity index is 1450. The average molecular weight is 666 g/mol. The predicted octanol–water partition coefficient (Wildman–Crippen LogP) is 2.10. The van der Waals surface area contributed by atoms with E-state index in [0.29, 0.717) is 5.71 Å². The van der Waals surface area contributed by atoms with Crippen LogP contribution in [0.2, 0.25) is 0 Å². The lowest BCUT2D eigenvalue weighted by atomic mass is 9.86. The van der Waals surface area contributed by atoms with Gasteiger partial charge in [-0.25, -0.2) is 0 Å². The first-order valence-corrected chi connectivity index (χ1v) is 16.1. The fraction of sp³-hybridized carbons (Fsp3) is 0.472. The van der Waals surface area contributed by atoms with E-state index in [9.17, 15) is 20.4 Å². The summed E-state index contributed by atoms with van der Waals surface area (Å²) in [5.41, 5.74) is 3.17. The van der Waals surface area contributed by atoms with Gasteiger partial charge >= 0.3 is 0 Å².